The molecule has 9 heteroatoms. The van der Waals surface area contributed by atoms with Crippen LogP contribution in [-0.2, 0) is 7.05 Å². The molecule has 5 rings (SSSR count). The number of carbonyl (C=O) groups excluding carboxylic acids is 1. The molecule has 0 fully saturated rings. The number of hydrogen-bond acceptors (Lipinski definition) is 7. The number of amides is 1. The number of carbonyl (C=O) groups is 1. The van der Waals surface area contributed by atoms with E-state index in [1.807, 2.05) is 13.1 Å². The lowest BCUT2D eigenvalue weighted by molar-refractivity contribution is 0.101. The van der Waals surface area contributed by atoms with Gasteiger partial charge in [0.05, 0.1) is 19.7 Å². The van der Waals surface area contributed by atoms with Crippen LogP contribution in [0, 0.1) is 0 Å². The van der Waals surface area contributed by atoms with E-state index in [2.05, 4.69) is 10.3 Å². The predicted molar refractivity (Wildman–Crippen MR) is 121 cm³/mol. The molecule has 0 saturated heterocycles. The van der Waals surface area contributed by atoms with Crippen molar-refractivity contribution in [2.75, 3.05) is 26.3 Å². The molecule has 3 heterocycles. The average molecular weight is 447 g/mol. The fourth-order valence-electron chi connectivity index (χ4n) is 3.68. The fraction of sp³-hybridized carbons (Fsp3) is 0.167. The number of pyridine rings is 1. The SMILES string of the molecule is COc1cc(OC)c2cc(C(=O)Nc3cccnc3Oc3ccc4c(c3)OCO4)n(C)c2c1. The highest BCUT2D eigenvalue weighted by molar-refractivity contribution is 6.07. The van der Waals surface area contributed by atoms with Gasteiger partial charge in [-0.3, -0.25) is 4.79 Å². The summed E-state index contributed by atoms with van der Waals surface area (Å²) >= 11 is 0. The van der Waals surface area contributed by atoms with E-state index in [0.717, 1.165) is 10.9 Å². The Morgan fingerprint density at radius 2 is 1.88 bits per heavy atom. The fourth-order valence-corrected chi connectivity index (χ4v) is 3.68. The first-order chi connectivity index (χ1) is 16.1. The monoisotopic (exact) mass is 447 g/mol. The van der Waals surface area contributed by atoms with Gasteiger partial charge in [-0.15, -0.1) is 0 Å². The van der Waals surface area contributed by atoms with Crippen molar-refractivity contribution in [2.24, 2.45) is 7.05 Å². The Morgan fingerprint density at radius 1 is 1.03 bits per heavy atom. The zero-order valence-corrected chi connectivity index (χ0v) is 18.2. The van der Waals surface area contributed by atoms with Crippen molar-refractivity contribution >= 4 is 22.5 Å². The van der Waals surface area contributed by atoms with Crippen LogP contribution in [0.4, 0.5) is 5.69 Å². The highest BCUT2D eigenvalue weighted by Gasteiger charge is 2.20. The Morgan fingerprint density at radius 3 is 2.70 bits per heavy atom. The predicted octanol–water partition coefficient (Wildman–Crippen LogP) is 4.36. The average Bonchev–Trinajstić information content (AvgIpc) is 3.43. The van der Waals surface area contributed by atoms with Crippen LogP contribution in [0.5, 0.6) is 34.6 Å². The van der Waals surface area contributed by atoms with Gasteiger partial charge in [0.25, 0.3) is 5.91 Å². The summed E-state index contributed by atoms with van der Waals surface area (Å²) in [6.07, 6.45) is 1.59. The topological polar surface area (TPSA) is 93.1 Å². The van der Waals surface area contributed by atoms with Crippen LogP contribution < -0.4 is 29.0 Å². The molecule has 0 aliphatic carbocycles. The van der Waals surface area contributed by atoms with Crippen molar-refractivity contribution in [1.29, 1.82) is 0 Å². The first kappa shape index (κ1) is 20.5. The van der Waals surface area contributed by atoms with Crippen LogP contribution in [0.1, 0.15) is 10.5 Å². The number of rotatable bonds is 6. The first-order valence-corrected chi connectivity index (χ1v) is 10.1. The molecule has 0 atom stereocenters. The van der Waals surface area contributed by atoms with E-state index >= 15 is 0 Å². The summed E-state index contributed by atoms with van der Waals surface area (Å²) in [5.41, 5.74) is 1.67. The maximum absolute atomic E-state index is 13.2. The Balaban J connectivity index is 1.44. The van der Waals surface area contributed by atoms with Crippen molar-refractivity contribution in [3.05, 3.63) is 60.4 Å². The lowest BCUT2D eigenvalue weighted by Crippen LogP contribution is -2.16. The van der Waals surface area contributed by atoms with E-state index in [9.17, 15) is 4.79 Å². The largest absolute Gasteiger partial charge is 0.497 e. The van der Waals surface area contributed by atoms with Crippen molar-refractivity contribution in [1.82, 2.24) is 9.55 Å². The first-order valence-electron chi connectivity index (χ1n) is 10.1. The Hall–Kier alpha value is -4.40. The zero-order valence-electron chi connectivity index (χ0n) is 18.2. The molecule has 4 aromatic rings. The molecular weight excluding hydrogens is 426 g/mol. The van der Waals surface area contributed by atoms with Gasteiger partial charge < -0.3 is 33.6 Å². The molecule has 2 aromatic carbocycles. The van der Waals surface area contributed by atoms with Gasteiger partial charge in [-0.25, -0.2) is 4.98 Å². The van der Waals surface area contributed by atoms with Crippen molar-refractivity contribution in [3.63, 3.8) is 0 Å². The summed E-state index contributed by atoms with van der Waals surface area (Å²) in [7, 11) is 4.97. The number of fused-ring (bicyclic) bond motifs is 2. The number of hydrogen-bond donors (Lipinski definition) is 1. The molecule has 1 N–H and O–H groups in total. The molecule has 0 spiro atoms. The van der Waals surface area contributed by atoms with Gasteiger partial charge in [-0.2, -0.15) is 0 Å². The second-order valence-corrected chi connectivity index (χ2v) is 7.28. The molecule has 168 valence electrons. The van der Waals surface area contributed by atoms with Gasteiger partial charge in [-0.05, 0) is 30.3 Å². The summed E-state index contributed by atoms with van der Waals surface area (Å²) in [5, 5.41) is 3.69. The summed E-state index contributed by atoms with van der Waals surface area (Å²) < 4.78 is 29.3. The van der Waals surface area contributed by atoms with Gasteiger partial charge in [0, 0.05) is 36.8 Å². The Kier molecular flexibility index (Phi) is 5.14. The molecule has 33 heavy (non-hydrogen) atoms. The maximum Gasteiger partial charge on any atom is 0.272 e. The van der Waals surface area contributed by atoms with Gasteiger partial charge >= 0.3 is 0 Å². The van der Waals surface area contributed by atoms with E-state index in [4.69, 9.17) is 23.7 Å². The van der Waals surface area contributed by atoms with E-state index in [0.29, 0.717) is 40.1 Å². The van der Waals surface area contributed by atoms with Crippen LogP contribution in [0.2, 0.25) is 0 Å². The minimum Gasteiger partial charge on any atom is -0.497 e. The number of ether oxygens (including phenoxy) is 5. The molecule has 1 amide bonds. The van der Waals surface area contributed by atoms with Crippen molar-refractivity contribution in [3.8, 4) is 34.6 Å². The maximum atomic E-state index is 13.2. The standard InChI is InChI=1S/C24H21N3O6/c1-27-18-9-15(29-2)11-21(30-3)16(18)12-19(27)23(28)26-17-5-4-8-25-24(17)33-14-6-7-20-22(10-14)32-13-31-20/h4-12H,13H2,1-3H3,(H,26,28). The molecular formula is C24H21N3O6. The van der Waals surface area contributed by atoms with Gasteiger partial charge in [0.1, 0.15) is 28.6 Å². The van der Waals surface area contributed by atoms with Crippen molar-refractivity contribution in [2.45, 2.75) is 0 Å². The van der Waals surface area contributed by atoms with Crippen LogP contribution in [-0.4, -0.2) is 36.5 Å². The summed E-state index contributed by atoms with van der Waals surface area (Å²) in [4.78, 5) is 17.5. The second kappa shape index (κ2) is 8.27. The number of nitrogens with one attached hydrogen (secondary N) is 1. The van der Waals surface area contributed by atoms with Gasteiger partial charge in [-0.1, -0.05) is 0 Å². The number of anilines is 1. The normalized spacial score (nSPS) is 12.0. The number of aryl methyl sites for hydroxylation is 1. The molecule has 9 nitrogen and oxygen atoms in total. The molecule has 0 unspecified atom stereocenters. The third-order valence-corrected chi connectivity index (χ3v) is 5.36. The quantitative estimate of drug-likeness (QED) is 0.469. The van der Waals surface area contributed by atoms with Crippen LogP contribution in [0.3, 0.4) is 0 Å². The molecule has 1 aliphatic rings. The summed E-state index contributed by atoms with van der Waals surface area (Å²) in [6, 6.07) is 14.1. The van der Waals surface area contributed by atoms with Gasteiger partial charge in [0.15, 0.2) is 11.5 Å². The van der Waals surface area contributed by atoms with Gasteiger partial charge in [0.2, 0.25) is 12.7 Å². The lowest BCUT2D eigenvalue weighted by atomic mass is 10.2. The third-order valence-electron chi connectivity index (χ3n) is 5.36. The van der Waals surface area contributed by atoms with Crippen LogP contribution in [0.25, 0.3) is 10.9 Å². The highest BCUT2D eigenvalue weighted by Crippen LogP contribution is 2.38. The minimum atomic E-state index is -0.321. The minimum absolute atomic E-state index is 0.172. The number of methoxy groups -OCH3 is 2. The molecule has 0 radical (unpaired) electrons. The number of nitrogens with zero attached hydrogens (tertiary/aromatic N) is 2. The highest BCUT2D eigenvalue weighted by atomic mass is 16.7. The van der Waals surface area contributed by atoms with Crippen molar-refractivity contribution < 1.29 is 28.5 Å². The van der Waals surface area contributed by atoms with E-state index in [-0.39, 0.29) is 18.6 Å². The number of aromatic nitrogens is 2. The van der Waals surface area contributed by atoms with E-state index < -0.39 is 0 Å². The van der Waals surface area contributed by atoms with E-state index in [1.165, 1.54) is 0 Å². The van der Waals surface area contributed by atoms with E-state index in [1.54, 1.807) is 67.4 Å². The Labute approximate surface area is 189 Å². The summed E-state index contributed by atoms with van der Waals surface area (Å²) in [5.74, 6) is 2.94. The molecule has 0 saturated carbocycles. The molecule has 2 aromatic heterocycles. The van der Waals surface area contributed by atoms with Crippen LogP contribution >= 0.6 is 0 Å². The number of benzene rings is 2. The molecule has 0 bridgehead atoms. The lowest BCUT2D eigenvalue weighted by Gasteiger charge is -2.12. The zero-order chi connectivity index (χ0) is 22.9. The second-order valence-electron chi connectivity index (χ2n) is 7.28. The Bertz CT molecular complexity index is 1360. The third kappa shape index (κ3) is 3.73. The molecule has 1 aliphatic heterocycles. The van der Waals surface area contributed by atoms with Crippen LogP contribution in [0.15, 0.2) is 54.7 Å². The summed E-state index contributed by atoms with van der Waals surface area (Å²) in [6.45, 7) is 0.172. The smallest absolute Gasteiger partial charge is 0.272 e.